The van der Waals surface area contributed by atoms with Crippen molar-refractivity contribution in [3.8, 4) is 0 Å². The van der Waals surface area contributed by atoms with Gasteiger partial charge >= 0.3 is 17.8 Å². The van der Waals surface area contributed by atoms with Gasteiger partial charge in [-0.05, 0) is 54.3 Å². The fraction of sp³-hybridized carbons (Fsp3) is 0.320. The van der Waals surface area contributed by atoms with Crippen molar-refractivity contribution in [3.05, 3.63) is 76.8 Å². The standard InChI is InChI=1S/C23H24N4O.C2HF3O2/c28-23-25-21-8-3-12-24-22(21)27(23)20-7-4-13-26(16-20)14-11-17-9-10-18-5-1-2-6-19(18)15-17;3-2(4,5)1(6)7/h1-3,5-6,8-10,12,15,20H,4,7,11,13-14,16H2,(H,25,28);(H,6,7). The molecule has 1 aliphatic rings. The highest BCUT2D eigenvalue weighted by atomic mass is 19.4. The quantitative estimate of drug-likeness (QED) is 0.447. The first-order valence-electron chi connectivity index (χ1n) is 11.3. The Morgan fingerprint density at radius 1 is 1.11 bits per heavy atom. The van der Waals surface area contributed by atoms with E-state index in [2.05, 4.69) is 57.3 Å². The number of likely N-dealkylation sites (tertiary alicyclic amines) is 1. The van der Waals surface area contributed by atoms with Gasteiger partial charge in [0.15, 0.2) is 5.65 Å². The first kappa shape index (κ1) is 24.5. The normalized spacial score (nSPS) is 16.7. The number of hydrogen-bond donors (Lipinski definition) is 2. The SMILES string of the molecule is O=C(O)C(F)(F)F.O=c1[nH]c2cccnc2n1C1CCCN(CCc2ccc3ccccc3c2)C1. The topological polar surface area (TPSA) is 91.2 Å². The maximum Gasteiger partial charge on any atom is 0.490 e. The van der Waals surface area contributed by atoms with Crippen LogP contribution in [0.2, 0.25) is 0 Å². The van der Waals surface area contributed by atoms with E-state index in [1.165, 1.54) is 16.3 Å². The Balaban J connectivity index is 0.000000364. The number of aromatic nitrogens is 3. The van der Waals surface area contributed by atoms with Gasteiger partial charge in [-0.1, -0.05) is 42.5 Å². The molecule has 1 atom stereocenters. The molecule has 10 heteroatoms. The van der Waals surface area contributed by atoms with E-state index in [1.807, 2.05) is 16.7 Å². The summed E-state index contributed by atoms with van der Waals surface area (Å²) in [6.07, 6.45) is -0.171. The number of H-pyrrole nitrogens is 1. The third-order valence-corrected chi connectivity index (χ3v) is 6.09. The Hall–Kier alpha value is -3.66. The van der Waals surface area contributed by atoms with Gasteiger partial charge in [0, 0.05) is 19.3 Å². The zero-order chi connectivity index (χ0) is 25.0. The number of nitrogens with zero attached hydrogens (tertiary/aromatic N) is 3. The zero-order valence-electron chi connectivity index (χ0n) is 18.8. The highest BCUT2D eigenvalue weighted by molar-refractivity contribution is 5.83. The number of benzene rings is 2. The van der Waals surface area contributed by atoms with Crippen molar-refractivity contribution in [2.45, 2.75) is 31.5 Å². The molecule has 5 rings (SSSR count). The van der Waals surface area contributed by atoms with Crippen LogP contribution in [0.1, 0.15) is 24.4 Å². The molecule has 2 aromatic carbocycles. The lowest BCUT2D eigenvalue weighted by atomic mass is 10.0. The summed E-state index contributed by atoms with van der Waals surface area (Å²) >= 11 is 0. The van der Waals surface area contributed by atoms with Gasteiger partial charge in [0.1, 0.15) is 0 Å². The van der Waals surface area contributed by atoms with Crippen LogP contribution in [-0.2, 0) is 11.2 Å². The van der Waals surface area contributed by atoms with Gasteiger partial charge in [0.05, 0.1) is 11.6 Å². The number of carboxylic acid groups (broad SMARTS) is 1. The number of carboxylic acids is 1. The molecule has 2 N–H and O–H groups in total. The van der Waals surface area contributed by atoms with Crippen LogP contribution in [0.3, 0.4) is 0 Å². The number of nitrogens with one attached hydrogen (secondary N) is 1. The van der Waals surface area contributed by atoms with E-state index in [0.29, 0.717) is 0 Å². The first-order valence-corrected chi connectivity index (χ1v) is 11.3. The molecular formula is C25H25F3N4O3. The van der Waals surface area contributed by atoms with Gasteiger partial charge < -0.3 is 15.0 Å². The average molecular weight is 486 g/mol. The van der Waals surface area contributed by atoms with Crippen LogP contribution in [0.5, 0.6) is 0 Å². The number of fused-ring (bicyclic) bond motifs is 2. The van der Waals surface area contributed by atoms with E-state index in [9.17, 15) is 18.0 Å². The largest absolute Gasteiger partial charge is 0.490 e. The van der Waals surface area contributed by atoms with Crippen LogP contribution < -0.4 is 5.69 Å². The predicted molar refractivity (Wildman–Crippen MR) is 126 cm³/mol. The van der Waals surface area contributed by atoms with Crippen molar-refractivity contribution in [3.63, 3.8) is 0 Å². The van der Waals surface area contributed by atoms with Crippen molar-refractivity contribution in [1.82, 2.24) is 19.4 Å². The Bertz CT molecular complexity index is 1380. The molecule has 1 fully saturated rings. The predicted octanol–water partition coefficient (Wildman–Crippen LogP) is 4.39. The second-order valence-electron chi connectivity index (χ2n) is 8.51. The molecule has 0 saturated carbocycles. The van der Waals surface area contributed by atoms with Gasteiger partial charge in [-0.15, -0.1) is 0 Å². The number of rotatable bonds is 4. The van der Waals surface area contributed by atoms with E-state index in [-0.39, 0.29) is 11.7 Å². The summed E-state index contributed by atoms with van der Waals surface area (Å²) in [5.74, 6) is -2.76. The lowest BCUT2D eigenvalue weighted by Crippen LogP contribution is -2.40. The summed E-state index contributed by atoms with van der Waals surface area (Å²) in [6.45, 7) is 3.00. The number of aliphatic carboxylic acids is 1. The van der Waals surface area contributed by atoms with Gasteiger partial charge in [-0.2, -0.15) is 13.2 Å². The highest BCUT2D eigenvalue weighted by Crippen LogP contribution is 2.24. The Morgan fingerprint density at radius 3 is 2.60 bits per heavy atom. The first-order chi connectivity index (χ1) is 16.7. The molecule has 0 aliphatic carbocycles. The number of carbonyl (C=O) groups is 1. The van der Waals surface area contributed by atoms with Crippen LogP contribution in [0.15, 0.2) is 65.6 Å². The van der Waals surface area contributed by atoms with E-state index >= 15 is 0 Å². The van der Waals surface area contributed by atoms with Crippen molar-refractivity contribution < 1.29 is 23.1 Å². The highest BCUT2D eigenvalue weighted by Gasteiger charge is 2.38. The van der Waals surface area contributed by atoms with E-state index in [0.717, 1.165) is 50.1 Å². The van der Waals surface area contributed by atoms with Gasteiger partial charge in [0.2, 0.25) is 0 Å². The Morgan fingerprint density at radius 2 is 1.86 bits per heavy atom. The Labute approximate surface area is 198 Å². The van der Waals surface area contributed by atoms with Crippen molar-refractivity contribution >= 4 is 27.9 Å². The molecule has 184 valence electrons. The maximum absolute atomic E-state index is 12.5. The molecule has 35 heavy (non-hydrogen) atoms. The zero-order valence-corrected chi connectivity index (χ0v) is 18.8. The molecule has 0 amide bonds. The van der Waals surface area contributed by atoms with Crippen LogP contribution in [-0.4, -0.2) is 56.3 Å². The monoisotopic (exact) mass is 486 g/mol. The minimum Gasteiger partial charge on any atom is -0.475 e. The molecule has 4 aromatic rings. The molecular weight excluding hydrogens is 461 g/mol. The summed E-state index contributed by atoms with van der Waals surface area (Å²) in [7, 11) is 0. The van der Waals surface area contributed by atoms with Crippen LogP contribution >= 0.6 is 0 Å². The number of halogens is 3. The molecule has 0 radical (unpaired) electrons. The van der Waals surface area contributed by atoms with Crippen LogP contribution in [0.25, 0.3) is 21.9 Å². The molecule has 1 unspecified atom stereocenters. The fourth-order valence-electron chi connectivity index (χ4n) is 4.42. The summed E-state index contributed by atoms with van der Waals surface area (Å²) in [4.78, 5) is 31.3. The summed E-state index contributed by atoms with van der Waals surface area (Å²) in [5, 5.41) is 9.71. The number of imidazole rings is 1. The third kappa shape index (κ3) is 5.89. The Kier molecular flexibility index (Phi) is 7.20. The maximum atomic E-state index is 12.5. The van der Waals surface area contributed by atoms with Crippen LogP contribution in [0.4, 0.5) is 13.2 Å². The van der Waals surface area contributed by atoms with Crippen molar-refractivity contribution in [1.29, 1.82) is 0 Å². The average Bonchev–Trinajstić information content (AvgIpc) is 3.18. The van der Waals surface area contributed by atoms with E-state index < -0.39 is 12.1 Å². The lowest BCUT2D eigenvalue weighted by Gasteiger charge is -2.33. The van der Waals surface area contributed by atoms with E-state index in [1.54, 1.807) is 6.20 Å². The lowest BCUT2D eigenvalue weighted by molar-refractivity contribution is -0.192. The molecule has 0 bridgehead atoms. The van der Waals surface area contributed by atoms with Gasteiger partial charge in [-0.3, -0.25) is 4.57 Å². The molecule has 1 saturated heterocycles. The molecule has 7 nitrogen and oxygen atoms in total. The number of hydrogen-bond acceptors (Lipinski definition) is 4. The summed E-state index contributed by atoms with van der Waals surface area (Å²) in [5.41, 5.74) is 2.91. The summed E-state index contributed by atoms with van der Waals surface area (Å²) < 4.78 is 33.6. The number of pyridine rings is 1. The van der Waals surface area contributed by atoms with E-state index in [4.69, 9.17) is 9.90 Å². The second kappa shape index (κ2) is 10.3. The smallest absolute Gasteiger partial charge is 0.475 e. The minimum atomic E-state index is -5.08. The van der Waals surface area contributed by atoms with Crippen LogP contribution in [0, 0.1) is 0 Å². The van der Waals surface area contributed by atoms with Crippen molar-refractivity contribution in [2.75, 3.05) is 19.6 Å². The summed E-state index contributed by atoms with van der Waals surface area (Å²) in [6, 6.07) is 19.2. The number of alkyl halides is 3. The molecule has 0 spiro atoms. The van der Waals surface area contributed by atoms with Gasteiger partial charge in [0.25, 0.3) is 0 Å². The molecule has 1 aliphatic heterocycles. The number of aromatic amines is 1. The molecule has 2 aromatic heterocycles. The third-order valence-electron chi connectivity index (χ3n) is 6.09. The fourth-order valence-corrected chi connectivity index (χ4v) is 4.42. The second-order valence-corrected chi connectivity index (χ2v) is 8.51. The number of piperidine rings is 1. The van der Waals surface area contributed by atoms with Gasteiger partial charge in [-0.25, -0.2) is 14.6 Å². The van der Waals surface area contributed by atoms with Crippen molar-refractivity contribution in [2.24, 2.45) is 0 Å². The molecule has 3 heterocycles. The minimum absolute atomic E-state index is 0.0462.